The minimum absolute atomic E-state index is 0.0935. The van der Waals surface area contributed by atoms with E-state index < -0.39 is 0 Å². The standard InChI is InChI=1S/C11H15BrN2O2/c1-8(3-5-12)13-11(16)9-4-6-14(2)10(15)7-9/h4,6-8H,3,5H2,1-2H3,(H,13,16). The van der Waals surface area contributed by atoms with Crippen LogP contribution in [0.4, 0.5) is 0 Å². The number of hydrogen-bond donors (Lipinski definition) is 1. The minimum Gasteiger partial charge on any atom is -0.350 e. The van der Waals surface area contributed by atoms with Gasteiger partial charge in [0.25, 0.3) is 11.5 Å². The van der Waals surface area contributed by atoms with Crippen LogP contribution in [0.15, 0.2) is 23.1 Å². The van der Waals surface area contributed by atoms with Crippen molar-refractivity contribution in [2.45, 2.75) is 19.4 Å². The molecule has 0 bridgehead atoms. The predicted molar refractivity (Wildman–Crippen MR) is 67.0 cm³/mol. The Morgan fingerprint density at radius 1 is 1.62 bits per heavy atom. The van der Waals surface area contributed by atoms with Crippen molar-refractivity contribution < 1.29 is 4.79 Å². The second kappa shape index (κ2) is 5.84. The van der Waals surface area contributed by atoms with Gasteiger partial charge in [-0.1, -0.05) is 15.9 Å². The number of pyridine rings is 1. The van der Waals surface area contributed by atoms with E-state index in [9.17, 15) is 9.59 Å². The van der Waals surface area contributed by atoms with Crippen LogP contribution in [0.5, 0.6) is 0 Å². The summed E-state index contributed by atoms with van der Waals surface area (Å²) in [6, 6.07) is 3.07. The van der Waals surface area contributed by atoms with E-state index in [2.05, 4.69) is 21.2 Å². The van der Waals surface area contributed by atoms with Gasteiger partial charge in [0.15, 0.2) is 0 Å². The van der Waals surface area contributed by atoms with Crippen LogP contribution in [-0.4, -0.2) is 21.8 Å². The van der Waals surface area contributed by atoms with Gasteiger partial charge in [-0.25, -0.2) is 0 Å². The number of amides is 1. The Kier molecular flexibility index (Phi) is 4.73. The number of hydrogen-bond acceptors (Lipinski definition) is 2. The Morgan fingerprint density at radius 2 is 2.31 bits per heavy atom. The number of aryl methyl sites for hydroxylation is 1. The molecule has 4 nitrogen and oxygen atoms in total. The molecule has 0 aliphatic carbocycles. The van der Waals surface area contributed by atoms with Crippen LogP contribution in [0.25, 0.3) is 0 Å². The number of alkyl halides is 1. The zero-order chi connectivity index (χ0) is 12.1. The maximum Gasteiger partial charge on any atom is 0.251 e. The number of carbonyl (C=O) groups is 1. The zero-order valence-corrected chi connectivity index (χ0v) is 11.0. The molecule has 0 spiro atoms. The molecule has 1 amide bonds. The first-order valence-corrected chi connectivity index (χ1v) is 6.20. The molecule has 5 heteroatoms. The molecule has 1 aromatic rings. The van der Waals surface area contributed by atoms with Crippen molar-refractivity contribution in [3.63, 3.8) is 0 Å². The summed E-state index contributed by atoms with van der Waals surface area (Å²) < 4.78 is 1.43. The van der Waals surface area contributed by atoms with Gasteiger partial charge in [0.1, 0.15) is 0 Å². The molecule has 1 rings (SSSR count). The number of carbonyl (C=O) groups excluding carboxylic acids is 1. The van der Waals surface area contributed by atoms with Crippen molar-refractivity contribution in [2.75, 3.05) is 5.33 Å². The third kappa shape index (κ3) is 3.48. The molecule has 1 unspecified atom stereocenters. The second-order valence-electron chi connectivity index (χ2n) is 3.72. The monoisotopic (exact) mass is 286 g/mol. The SMILES string of the molecule is CC(CCBr)NC(=O)c1ccn(C)c(=O)c1. The Hall–Kier alpha value is -1.10. The predicted octanol–water partition coefficient (Wildman–Crippen LogP) is 1.29. The van der Waals surface area contributed by atoms with Gasteiger partial charge in [0, 0.05) is 36.2 Å². The normalized spacial score (nSPS) is 12.2. The van der Waals surface area contributed by atoms with Crippen LogP contribution in [0, 0.1) is 0 Å². The van der Waals surface area contributed by atoms with Crippen molar-refractivity contribution in [1.82, 2.24) is 9.88 Å². The fourth-order valence-corrected chi connectivity index (χ4v) is 1.92. The van der Waals surface area contributed by atoms with Gasteiger partial charge in [-0.3, -0.25) is 9.59 Å². The first-order valence-electron chi connectivity index (χ1n) is 5.08. The van der Waals surface area contributed by atoms with Crippen LogP contribution >= 0.6 is 15.9 Å². The molecule has 0 saturated carbocycles. The smallest absolute Gasteiger partial charge is 0.251 e. The Labute approximate surface area is 103 Å². The third-order valence-corrected chi connectivity index (χ3v) is 2.74. The molecule has 16 heavy (non-hydrogen) atoms. The maximum absolute atomic E-state index is 11.7. The van der Waals surface area contributed by atoms with Gasteiger partial charge in [-0.05, 0) is 19.4 Å². The largest absolute Gasteiger partial charge is 0.350 e. The molecule has 0 aliphatic rings. The number of nitrogens with zero attached hydrogens (tertiary/aromatic N) is 1. The number of halogens is 1. The molecule has 0 saturated heterocycles. The van der Waals surface area contributed by atoms with Crippen molar-refractivity contribution in [3.8, 4) is 0 Å². The maximum atomic E-state index is 11.7. The summed E-state index contributed by atoms with van der Waals surface area (Å²) in [4.78, 5) is 23.1. The molecule has 0 radical (unpaired) electrons. The van der Waals surface area contributed by atoms with Crippen LogP contribution in [0.3, 0.4) is 0 Å². The molecular formula is C11H15BrN2O2. The summed E-state index contributed by atoms with van der Waals surface area (Å²) in [5.41, 5.74) is 0.227. The first-order chi connectivity index (χ1) is 7.54. The summed E-state index contributed by atoms with van der Waals surface area (Å²) in [5, 5.41) is 3.66. The molecule has 1 atom stereocenters. The molecule has 0 fully saturated rings. The second-order valence-corrected chi connectivity index (χ2v) is 4.51. The summed E-state index contributed by atoms with van der Waals surface area (Å²) in [6.45, 7) is 1.93. The highest BCUT2D eigenvalue weighted by Crippen LogP contribution is 1.99. The highest BCUT2D eigenvalue weighted by atomic mass is 79.9. The topological polar surface area (TPSA) is 51.1 Å². The van der Waals surface area contributed by atoms with Crippen molar-refractivity contribution in [3.05, 3.63) is 34.2 Å². The van der Waals surface area contributed by atoms with Crippen molar-refractivity contribution in [2.24, 2.45) is 7.05 Å². The zero-order valence-electron chi connectivity index (χ0n) is 9.37. The van der Waals surface area contributed by atoms with Crippen LogP contribution in [0.2, 0.25) is 0 Å². The molecular weight excluding hydrogens is 272 g/mol. The van der Waals surface area contributed by atoms with E-state index in [-0.39, 0.29) is 17.5 Å². The highest BCUT2D eigenvalue weighted by Gasteiger charge is 2.09. The lowest BCUT2D eigenvalue weighted by molar-refractivity contribution is 0.0939. The Balaban J connectivity index is 2.73. The van der Waals surface area contributed by atoms with Gasteiger partial charge in [-0.2, -0.15) is 0 Å². The van der Waals surface area contributed by atoms with Crippen LogP contribution in [-0.2, 0) is 7.05 Å². The Morgan fingerprint density at radius 3 is 2.88 bits per heavy atom. The quantitative estimate of drug-likeness (QED) is 0.848. The lowest BCUT2D eigenvalue weighted by Gasteiger charge is -2.12. The molecule has 1 aromatic heterocycles. The first kappa shape index (κ1) is 13.0. The van der Waals surface area contributed by atoms with E-state index in [0.717, 1.165) is 11.8 Å². The van der Waals surface area contributed by atoms with E-state index in [4.69, 9.17) is 0 Å². The summed E-state index contributed by atoms with van der Waals surface area (Å²) in [5.74, 6) is -0.203. The van der Waals surface area contributed by atoms with Gasteiger partial charge < -0.3 is 9.88 Å². The fraction of sp³-hybridized carbons (Fsp3) is 0.455. The average molecular weight is 287 g/mol. The number of nitrogens with one attached hydrogen (secondary N) is 1. The van der Waals surface area contributed by atoms with Crippen LogP contribution < -0.4 is 10.9 Å². The molecule has 0 aliphatic heterocycles. The van der Waals surface area contributed by atoms with E-state index in [1.807, 2.05) is 6.92 Å². The summed E-state index contributed by atoms with van der Waals surface area (Å²) >= 11 is 3.31. The van der Waals surface area contributed by atoms with Crippen molar-refractivity contribution >= 4 is 21.8 Å². The Bertz CT molecular complexity index is 428. The van der Waals surface area contributed by atoms with Gasteiger partial charge in [-0.15, -0.1) is 0 Å². The third-order valence-electron chi connectivity index (χ3n) is 2.29. The highest BCUT2D eigenvalue weighted by molar-refractivity contribution is 9.09. The van der Waals surface area contributed by atoms with Crippen molar-refractivity contribution in [1.29, 1.82) is 0 Å². The van der Waals surface area contributed by atoms with Gasteiger partial charge in [0.05, 0.1) is 0 Å². The van der Waals surface area contributed by atoms with E-state index >= 15 is 0 Å². The number of aromatic nitrogens is 1. The van der Waals surface area contributed by atoms with E-state index in [0.29, 0.717) is 5.56 Å². The number of rotatable bonds is 4. The summed E-state index contributed by atoms with van der Waals surface area (Å²) in [6.07, 6.45) is 2.45. The summed E-state index contributed by atoms with van der Waals surface area (Å²) in [7, 11) is 1.65. The van der Waals surface area contributed by atoms with Gasteiger partial charge >= 0.3 is 0 Å². The molecule has 1 heterocycles. The lowest BCUT2D eigenvalue weighted by atomic mass is 10.2. The lowest BCUT2D eigenvalue weighted by Crippen LogP contribution is -2.33. The average Bonchev–Trinajstić information content (AvgIpc) is 2.22. The molecule has 1 N–H and O–H groups in total. The van der Waals surface area contributed by atoms with Crippen LogP contribution in [0.1, 0.15) is 23.7 Å². The molecule has 88 valence electrons. The minimum atomic E-state index is -0.203. The fourth-order valence-electron chi connectivity index (χ4n) is 1.23. The van der Waals surface area contributed by atoms with E-state index in [1.165, 1.54) is 10.6 Å². The van der Waals surface area contributed by atoms with Gasteiger partial charge in [0.2, 0.25) is 0 Å². The van der Waals surface area contributed by atoms with E-state index in [1.54, 1.807) is 19.3 Å². The molecule has 0 aromatic carbocycles.